The number of nitrogens with zero attached hydrogens (tertiary/aromatic N) is 1. The second-order valence-corrected chi connectivity index (χ2v) is 13.0. The van der Waals surface area contributed by atoms with Gasteiger partial charge in [-0.3, -0.25) is 4.79 Å². The van der Waals surface area contributed by atoms with Crippen LogP contribution in [0.3, 0.4) is 0 Å². The van der Waals surface area contributed by atoms with Gasteiger partial charge in [0, 0.05) is 17.5 Å². The minimum absolute atomic E-state index is 0.0307. The molecule has 1 rings (SSSR count). The first kappa shape index (κ1) is 33.2. The molecule has 1 amide bonds. The van der Waals surface area contributed by atoms with Crippen molar-refractivity contribution in [1.82, 2.24) is 5.43 Å². The van der Waals surface area contributed by atoms with Crippen LogP contribution in [0.4, 0.5) is 0 Å². The topological polar surface area (TPSA) is 61.7 Å². The molecule has 0 fully saturated rings. The lowest BCUT2D eigenvalue weighted by molar-refractivity contribution is -0.121. The summed E-state index contributed by atoms with van der Waals surface area (Å²) in [6.07, 6.45) is 22.0. The fourth-order valence-electron chi connectivity index (χ4n) is 4.77. The average molecular weight is 515 g/mol. The molecule has 0 unspecified atom stereocenters. The molecule has 4 nitrogen and oxygen atoms in total. The summed E-state index contributed by atoms with van der Waals surface area (Å²) in [4.78, 5) is 12.2. The van der Waals surface area contributed by atoms with E-state index in [1.807, 2.05) is 12.1 Å². The van der Waals surface area contributed by atoms with E-state index in [0.29, 0.717) is 12.2 Å². The summed E-state index contributed by atoms with van der Waals surface area (Å²) in [5.74, 6) is 0.325. The van der Waals surface area contributed by atoms with E-state index in [1.54, 1.807) is 6.21 Å². The number of rotatable bonds is 18. The lowest BCUT2D eigenvalue weighted by atomic mass is 9.78. The highest BCUT2D eigenvalue weighted by atomic mass is 16.3. The standard InChI is InChI=1S/C33H58N2O2/c1-8-9-10-11-12-13-14-15-16-17-18-19-20-21-22-23-30(36)35-34-26-27-24-28(32(2,3)4)31(37)29(25-27)33(5,6)7/h24-26,37H,8-23H2,1-7H3,(H,35,36). The molecule has 0 aliphatic heterocycles. The number of aromatic hydroxyl groups is 1. The molecule has 1 aromatic carbocycles. The van der Waals surface area contributed by atoms with Gasteiger partial charge in [-0.15, -0.1) is 0 Å². The summed E-state index contributed by atoms with van der Waals surface area (Å²) in [5, 5.41) is 15.0. The Morgan fingerprint density at radius 2 is 1.11 bits per heavy atom. The zero-order valence-corrected chi connectivity index (χ0v) is 25.3. The van der Waals surface area contributed by atoms with Gasteiger partial charge < -0.3 is 5.11 Å². The van der Waals surface area contributed by atoms with Crippen molar-refractivity contribution in [2.75, 3.05) is 0 Å². The molecule has 0 spiro atoms. The van der Waals surface area contributed by atoms with E-state index < -0.39 is 0 Å². The van der Waals surface area contributed by atoms with Crippen LogP contribution in [0.25, 0.3) is 0 Å². The van der Waals surface area contributed by atoms with Crippen LogP contribution < -0.4 is 5.43 Å². The molecular formula is C33H58N2O2. The number of phenols is 1. The highest BCUT2D eigenvalue weighted by Gasteiger charge is 2.26. The van der Waals surface area contributed by atoms with E-state index in [0.717, 1.165) is 29.5 Å². The largest absolute Gasteiger partial charge is 0.507 e. The predicted octanol–water partition coefficient (Wildman–Crippen LogP) is 9.70. The van der Waals surface area contributed by atoms with Gasteiger partial charge in [0.25, 0.3) is 0 Å². The summed E-state index contributed by atoms with van der Waals surface area (Å²) in [6, 6.07) is 3.93. The van der Waals surface area contributed by atoms with Crippen molar-refractivity contribution in [3.63, 3.8) is 0 Å². The summed E-state index contributed by atoms with van der Waals surface area (Å²) < 4.78 is 0. The Balaban J connectivity index is 2.23. The van der Waals surface area contributed by atoms with Gasteiger partial charge in [0.2, 0.25) is 5.91 Å². The number of phenolic OH excluding ortho intramolecular Hbond substituents is 1. The van der Waals surface area contributed by atoms with Crippen molar-refractivity contribution in [2.45, 2.75) is 162 Å². The van der Waals surface area contributed by atoms with Crippen molar-refractivity contribution in [1.29, 1.82) is 0 Å². The molecule has 0 bridgehead atoms. The molecule has 0 atom stereocenters. The number of nitrogens with one attached hydrogen (secondary N) is 1. The maximum absolute atomic E-state index is 12.2. The van der Waals surface area contributed by atoms with Crippen LogP contribution >= 0.6 is 0 Å². The minimum Gasteiger partial charge on any atom is -0.507 e. The van der Waals surface area contributed by atoms with Crippen molar-refractivity contribution in [2.24, 2.45) is 5.10 Å². The fourth-order valence-corrected chi connectivity index (χ4v) is 4.77. The molecule has 0 radical (unpaired) electrons. The van der Waals surface area contributed by atoms with Crippen LogP contribution in [-0.2, 0) is 15.6 Å². The van der Waals surface area contributed by atoms with E-state index in [1.165, 1.54) is 83.5 Å². The maximum Gasteiger partial charge on any atom is 0.240 e. The van der Waals surface area contributed by atoms with E-state index in [4.69, 9.17) is 0 Å². The molecule has 37 heavy (non-hydrogen) atoms. The Kier molecular flexibility index (Phi) is 15.8. The van der Waals surface area contributed by atoms with E-state index in [2.05, 4.69) is 59.0 Å². The number of unbranched alkanes of at least 4 members (excludes halogenated alkanes) is 14. The number of benzene rings is 1. The molecule has 212 valence electrons. The summed E-state index contributed by atoms with van der Waals surface area (Å²) in [5.41, 5.74) is 4.98. The highest BCUT2D eigenvalue weighted by molar-refractivity contribution is 5.83. The molecule has 0 saturated carbocycles. The van der Waals surface area contributed by atoms with Crippen LogP contribution in [0.2, 0.25) is 0 Å². The quantitative estimate of drug-likeness (QED) is 0.116. The average Bonchev–Trinajstić information content (AvgIpc) is 2.81. The van der Waals surface area contributed by atoms with Gasteiger partial charge in [-0.05, 0) is 34.9 Å². The molecule has 0 aliphatic carbocycles. The number of hydrogen-bond acceptors (Lipinski definition) is 3. The molecular weight excluding hydrogens is 456 g/mol. The van der Waals surface area contributed by atoms with Crippen molar-refractivity contribution >= 4 is 12.1 Å². The van der Waals surface area contributed by atoms with Gasteiger partial charge in [0.1, 0.15) is 5.75 Å². The third-order valence-corrected chi connectivity index (χ3v) is 7.16. The molecule has 2 N–H and O–H groups in total. The van der Waals surface area contributed by atoms with Crippen LogP contribution in [0.5, 0.6) is 5.75 Å². The number of carbonyl (C=O) groups is 1. The lowest BCUT2D eigenvalue weighted by Crippen LogP contribution is -2.19. The molecule has 0 saturated heterocycles. The monoisotopic (exact) mass is 514 g/mol. The minimum atomic E-state index is -0.190. The molecule has 0 heterocycles. The van der Waals surface area contributed by atoms with Crippen molar-refractivity contribution in [3.05, 3.63) is 28.8 Å². The van der Waals surface area contributed by atoms with Crippen LogP contribution in [0.15, 0.2) is 17.2 Å². The molecule has 1 aromatic rings. The first-order chi connectivity index (χ1) is 17.5. The summed E-state index contributed by atoms with van der Waals surface area (Å²) in [7, 11) is 0. The van der Waals surface area contributed by atoms with Crippen molar-refractivity contribution < 1.29 is 9.90 Å². The Morgan fingerprint density at radius 1 is 0.730 bits per heavy atom. The predicted molar refractivity (Wildman–Crippen MR) is 161 cm³/mol. The van der Waals surface area contributed by atoms with Gasteiger partial charge in [-0.2, -0.15) is 5.10 Å². The number of amides is 1. The van der Waals surface area contributed by atoms with Gasteiger partial charge >= 0.3 is 0 Å². The van der Waals surface area contributed by atoms with E-state index in [9.17, 15) is 9.90 Å². The Hall–Kier alpha value is -1.84. The Bertz CT molecular complexity index is 765. The maximum atomic E-state index is 12.2. The molecule has 4 heteroatoms. The van der Waals surface area contributed by atoms with Crippen LogP contribution in [0.1, 0.15) is 168 Å². The SMILES string of the molecule is CCCCCCCCCCCCCCCCCC(=O)NN=Cc1cc(C(C)(C)C)c(O)c(C(C)(C)C)c1. The van der Waals surface area contributed by atoms with Gasteiger partial charge in [0.05, 0.1) is 6.21 Å². The summed E-state index contributed by atoms with van der Waals surface area (Å²) in [6.45, 7) is 14.8. The number of hydrazone groups is 1. The zero-order chi connectivity index (χ0) is 27.7. The van der Waals surface area contributed by atoms with Crippen LogP contribution in [-0.4, -0.2) is 17.2 Å². The van der Waals surface area contributed by atoms with Gasteiger partial charge in [0.15, 0.2) is 0 Å². The Labute approximate surface area is 229 Å². The van der Waals surface area contributed by atoms with Crippen LogP contribution in [0, 0.1) is 0 Å². The van der Waals surface area contributed by atoms with Crippen molar-refractivity contribution in [3.8, 4) is 5.75 Å². The second kappa shape index (κ2) is 17.6. The summed E-state index contributed by atoms with van der Waals surface area (Å²) >= 11 is 0. The second-order valence-electron chi connectivity index (χ2n) is 13.0. The smallest absolute Gasteiger partial charge is 0.240 e. The third kappa shape index (κ3) is 14.6. The first-order valence-electron chi connectivity index (χ1n) is 15.2. The zero-order valence-electron chi connectivity index (χ0n) is 25.3. The fraction of sp³-hybridized carbons (Fsp3) is 0.758. The van der Waals surface area contributed by atoms with E-state index in [-0.39, 0.29) is 16.7 Å². The normalized spacial score (nSPS) is 12.4. The third-order valence-electron chi connectivity index (χ3n) is 7.16. The molecule has 0 aromatic heterocycles. The number of carbonyl (C=O) groups excluding carboxylic acids is 1. The lowest BCUT2D eigenvalue weighted by Gasteiger charge is -2.27. The molecule has 0 aliphatic rings. The van der Waals surface area contributed by atoms with E-state index >= 15 is 0 Å². The van der Waals surface area contributed by atoms with Gasteiger partial charge in [-0.1, -0.05) is 138 Å². The van der Waals surface area contributed by atoms with Gasteiger partial charge in [-0.25, -0.2) is 5.43 Å². The number of hydrogen-bond donors (Lipinski definition) is 2. The highest BCUT2D eigenvalue weighted by Crippen LogP contribution is 2.39. The first-order valence-corrected chi connectivity index (χ1v) is 15.2. The Morgan fingerprint density at radius 3 is 1.49 bits per heavy atom.